The number of carboxylic acids is 2. The van der Waals surface area contributed by atoms with E-state index in [1.807, 2.05) is 0 Å². The summed E-state index contributed by atoms with van der Waals surface area (Å²) < 4.78 is 0. The molecule has 0 radical (unpaired) electrons. The van der Waals surface area contributed by atoms with Crippen molar-refractivity contribution in [3.63, 3.8) is 0 Å². The Morgan fingerprint density at radius 2 is 1.10 bits per heavy atom. The van der Waals surface area contributed by atoms with Crippen LogP contribution in [-0.4, -0.2) is 93.6 Å². The highest BCUT2D eigenvalue weighted by Crippen LogP contribution is 2.26. The first-order valence-electron chi connectivity index (χ1n) is 11.5. The third-order valence-corrected chi connectivity index (χ3v) is 6.53. The van der Waals surface area contributed by atoms with Crippen molar-refractivity contribution in [1.82, 2.24) is 9.80 Å². The molecule has 0 amide bonds. The highest BCUT2D eigenvalue weighted by Gasteiger charge is 2.34. The van der Waals surface area contributed by atoms with Gasteiger partial charge in [-0.05, 0) is 37.5 Å². The monoisotopic (exact) mass is 428 g/mol. The fourth-order valence-electron chi connectivity index (χ4n) is 5.20. The number of rotatable bonds is 13. The SMILES string of the molecule is O=C(O)CN(CC1CCCCC1)CC(O)(CO)CN(CC(=O)O)CC1CCCCC1. The number of aliphatic carboxylic acids is 2. The van der Waals surface area contributed by atoms with Gasteiger partial charge in [0.25, 0.3) is 0 Å². The van der Waals surface area contributed by atoms with Crippen LogP contribution in [0.25, 0.3) is 0 Å². The van der Waals surface area contributed by atoms with Crippen LogP contribution in [0.4, 0.5) is 0 Å². The molecule has 8 nitrogen and oxygen atoms in total. The van der Waals surface area contributed by atoms with E-state index in [2.05, 4.69) is 0 Å². The minimum atomic E-state index is -1.56. The first-order valence-corrected chi connectivity index (χ1v) is 11.5. The largest absolute Gasteiger partial charge is 0.480 e. The summed E-state index contributed by atoms with van der Waals surface area (Å²) in [6.45, 7) is 0.280. The second-order valence-electron chi connectivity index (χ2n) is 9.52. The molecule has 2 fully saturated rings. The van der Waals surface area contributed by atoms with E-state index in [0.717, 1.165) is 51.4 Å². The van der Waals surface area contributed by atoms with Crippen molar-refractivity contribution in [2.45, 2.75) is 69.8 Å². The molecular formula is C22H40N2O6. The van der Waals surface area contributed by atoms with Gasteiger partial charge in [-0.3, -0.25) is 19.4 Å². The maximum absolute atomic E-state index is 11.4. The van der Waals surface area contributed by atoms with Gasteiger partial charge < -0.3 is 20.4 Å². The molecule has 0 aromatic heterocycles. The zero-order valence-corrected chi connectivity index (χ0v) is 18.2. The fourth-order valence-corrected chi connectivity index (χ4v) is 5.20. The van der Waals surface area contributed by atoms with E-state index in [-0.39, 0.29) is 26.2 Å². The summed E-state index contributed by atoms with van der Waals surface area (Å²) in [5, 5.41) is 39.7. The predicted molar refractivity (Wildman–Crippen MR) is 113 cm³/mol. The van der Waals surface area contributed by atoms with Gasteiger partial charge in [-0.25, -0.2) is 0 Å². The van der Waals surface area contributed by atoms with Crippen LogP contribution in [0.15, 0.2) is 0 Å². The van der Waals surface area contributed by atoms with E-state index in [1.54, 1.807) is 9.80 Å². The molecule has 4 N–H and O–H groups in total. The number of hydrogen-bond donors (Lipinski definition) is 4. The molecule has 2 saturated carbocycles. The van der Waals surface area contributed by atoms with E-state index >= 15 is 0 Å². The lowest BCUT2D eigenvalue weighted by atomic mass is 9.88. The fraction of sp³-hybridized carbons (Fsp3) is 0.909. The number of aliphatic hydroxyl groups excluding tert-OH is 1. The van der Waals surface area contributed by atoms with Crippen LogP contribution in [0.1, 0.15) is 64.2 Å². The summed E-state index contributed by atoms with van der Waals surface area (Å²) in [5.41, 5.74) is -1.56. The van der Waals surface area contributed by atoms with Gasteiger partial charge >= 0.3 is 11.9 Å². The molecule has 2 aliphatic rings. The lowest BCUT2D eigenvalue weighted by Gasteiger charge is -2.38. The van der Waals surface area contributed by atoms with Crippen LogP contribution in [0.5, 0.6) is 0 Å². The lowest BCUT2D eigenvalue weighted by Crippen LogP contribution is -2.56. The van der Waals surface area contributed by atoms with Gasteiger partial charge in [-0.15, -0.1) is 0 Å². The Labute approximate surface area is 179 Å². The minimum absolute atomic E-state index is 0.0209. The molecule has 2 aliphatic carbocycles. The zero-order chi connectivity index (χ0) is 22.0. The summed E-state index contributed by atoms with van der Waals surface area (Å²) in [4.78, 5) is 26.2. The molecular weight excluding hydrogens is 388 g/mol. The molecule has 174 valence electrons. The van der Waals surface area contributed by atoms with Gasteiger partial charge in [0.05, 0.1) is 19.7 Å². The smallest absolute Gasteiger partial charge is 0.317 e. The third kappa shape index (κ3) is 9.29. The Bertz CT molecular complexity index is 490. The maximum atomic E-state index is 11.4. The molecule has 30 heavy (non-hydrogen) atoms. The van der Waals surface area contributed by atoms with Crippen LogP contribution in [0.3, 0.4) is 0 Å². The molecule has 0 heterocycles. The molecule has 0 unspecified atom stereocenters. The number of hydrogen-bond acceptors (Lipinski definition) is 6. The second kappa shape index (κ2) is 12.6. The van der Waals surface area contributed by atoms with Crippen LogP contribution in [0, 0.1) is 11.8 Å². The van der Waals surface area contributed by atoms with Crippen LogP contribution < -0.4 is 0 Å². The van der Waals surface area contributed by atoms with Crippen molar-refractivity contribution in [2.24, 2.45) is 11.8 Å². The Morgan fingerprint density at radius 1 is 0.733 bits per heavy atom. The van der Waals surface area contributed by atoms with Crippen molar-refractivity contribution in [1.29, 1.82) is 0 Å². The highest BCUT2D eigenvalue weighted by molar-refractivity contribution is 5.69. The van der Waals surface area contributed by atoms with Crippen molar-refractivity contribution in [3.05, 3.63) is 0 Å². The topological polar surface area (TPSA) is 122 Å². The summed E-state index contributed by atoms with van der Waals surface area (Å²) in [7, 11) is 0. The molecule has 2 rings (SSSR count). The Hall–Kier alpha value is -1.22. The number of carboxylic acid groups (broad SMARTS) is 2. The Morgan fingerprint density at radius 3 is 1.40 bits per heavy atom. The molecule has 0 aliphatic heterocycles. The quantitative estimate of drug-likeness (QED) is 0.349. The second-order valence-corrected chi connectivity index (χ2v) is 9.52. The van der Waals surface area contributed by atoms with Crippen LogP contribution in [0.2, 0.25) is 0 Å². The Kier molecular flexibility index (Phi) is 10.5. The van der Waals surface area contributed by atoms with E-state index in [9.17, 15) is 30.0 Å². The molecule has 0 spiro atoms. The zero-order valence-electron chi connectivity index (χ0n) is 18.2. The van der Waals surface area contributed by atoms with Gasteiger partial charge in [0.1, 0.15) is 5.60 Å². The van der Waals surface area contributed by atoms with Gasteiger partial charge in [0, 0.05) is 26.2 Å². The first kappa shape index (κ1) is 25.0. The van der Waals surface area contributed by atoms with E-state index in [1.165, 1.54) is 12.8 Å². The van der Waals surface area contributed by atoms with Crippen LogP contribution in [-0.2, 0) is 9.59 Å². The number of carbonyl (C=O) groups is 2. The van der Waals surface area contributed by atoms with Gasteiger partial charge in [-0.2, -0.15) is 0 Å². The molecule has 0 atom stereocenters. The average Bonchev–Trinajstić information content (AvgIpc) is 2.68. The third-order valence-electron chi connectivity index (χ3n) is 6.53. The van der Waals surface area contributed by atoms with Gasteiger partial charge in [0.15, 0.2) is 0 Å². The molecule has 0 aromatic carbocycles. The Balaban J connectivity index is 2.02. The van der Waals surface area contributed by atoms with Gasteiger partial charge in [-0.1, -0.05) is 38.5 Å². The number of aliphatic hydroxyl groups is 2. The predicted octanol–water partition coefficient (Wildman–Crippen LogP) is 1.64. The lowest BCUT2D eigenvalue weighted by molar-refractivity contribution is -0.141. The molecule has 0 bridgehead atoms. The average molecular weight is 429 g/mol. The number of nitrogens with zero attached hydrogens (tertiary/aromatic N) is 2. The van der Waals surface area contributed by atoms with Gasteiger partial charge in [0.2, 0.25) is 0 Å². The summed E-state index contributed by atoms with van der Waals surface area (Å²) in [6.07, 6.45) is 11.2. The summed E-state index contributed by atoms with van der Waals surface area (Å²) in [6, 6.07) is 0. The molecule has 0 saturated heterocycles. The minimum Gasteiger partial charge on any atom is -0.480 e. The van der Waals surface area contributed by atoms with E-state index in [4.69, 9.17) is 0 Å². The molecule has 0 aromatic rings. The van der Waals surface area contributed by atoms with Crippen molar-refractivity contribution >= 4 is 11.9 Å². The highest BCUT2D eigenvalue weighted by atomic mass is 16.4. The van der Waals surface area contributed by atoms with E-state index < -0.39 is 24.1 Å². The first-order chi connectivity index (χ1) is 14.3. The van der Waals surface area contributed by atoms with Crippen LogP contribution >= 0.6 is 0 Å². The standard InChI is InChI=1S/C22H40N2O6/c25-17-22(30,15-23(13-20(26)27)11-18-7-3-1-4-8-18)16-24(14-21(28)29)12-19-9-5-2-6-10-19/h18-19,25,30H,1-17H2,(H,26,27)(H,28,29). The van der Waals surface area contributed by atoms with Crippen molar-refractivity contribution in [2.75, 3.05) is 45.9 Å². The van der Waals surface area contributed by atoms with Crippen molar-refractivity contribution in [3.8, 4) is 0 Å². The summed E-state index contributed by atoms with van der Waals surface area (Å²) in [5.74, 6) is -1.12. The van der Waals surface area contributed by atoms with Crippen molar-refractivity contribution < 1.29 is 30.0 Å². The maximum Gasteiger partial charge on any atom is 0.317 e. The van der Waals surface area contributed by atoms with E-state index in [0.29, 0.717) is 24.9 Å². The summed E-state index contributed by atoms with van der Waals surface area (Å²) >= 11 is 0. The molecule has 8 heteroatoms. The normalized spacial score (nSPS) is 19.5.